The van der Waals surface area contributed by atoms with Gasteiger partial charge in [-0.25, -0.2) is 4.39 Å². The van der Waals surface area contributed by atoms with E-state index in [-0.39, 0.29) is 23.0 Å². The monoisotopic (exact) mass is 489 g/mol. The van der Waals surface area contributed by atoms with Crippen molar-refractivity contribution in [2.45, 2.75) is 42.8 Å². The Balaban J connectivity index is 1.60. The lowest BCUT2D eigenvalue weighted by atomic mass is 10.1. The third kappa shape index (κ3) is 4.82. The van der Waals surface area contributed by atoms with Crippen LogP contribution < -0.4 is 0 Å². The van der Waals surface area contributed by atoms with Gasteiger partial charge in [0.05, 0.1) is 17.9 Å². The quantitative estimate of drug-likeness (QED) is 0.329. The molecule has 0 amide bonds. The second-order valence-electron chi connectivity index (χ2n) is 7.19. The molecule has 2 atom stereocenters. The molecular weight excluding hydrogens is 469 g/mol. The van der Waals surface area contributed by atoms with Gasteiger partial charge in [-0.05, 0) is 56.2 Å². The van der Waals surface area contributed by atoms with Crippen molar-refractivity contribution in [1.29, 1.82) is 0 Å². The molecule has 0 unspecified atom stereocenters. The lowest BCUT2D eigenvalue weighted by molar-refractivity contribution is 0.0953. The number of aromatic nitrogens is 3. The Labute approximate surface area is 187 Å². The van der Waals surface area contributed by atoms with Crippen LogP contribution in [0.3, 0.4) is 0 Å². The van der Waals surface area contributed by atoms with Gasteiger partial charge in [-0.15, -0.1) is 10.2 Å². The fourth-order valence-corrected chi connectivity index (χ4v) is 4.61. The predicted octanol–water partition coefficient (Wildman–Crippen LogP) is 5.39. The van der Waals surface area contributed by atoms with Gasteiger partial charge < -0.3 is 4.74 Å². The summed E-state index contributed by atoms with van der Waals surface area (Å²) < 4.78 is 22.1. The number of hydrogen-bond donors (Lipinski definition) is 0. The van der Waals surface area contributed by atoms with E-state index in [0.717, 1.165) is 29.5 Å². The fourth-order valence-electron chi connectivity index (χ4n) is 3.41. The minimum atomic E-state index is -0.334. The molecule has 1 aliphatic heterocycles. The second kappa shape index (κ2) is 9.41. The van der Waals surface area contributed by atoms with Gasteiger partial charge >= 0.3 is 0 Å². The van der Waals surface area contributed by atoms with Crippen LogP contribution in [0.5, 0.6) is 0 Å². The zero-order valence-electron chi connectivity index (χ0n) is 16.4. The Morgan fingerprint density at radius 2 is 1.97 bits per heavy atom. The van der Waals surface area contributed by atoms with Gasteiger partial charge in [0.1, 0.15) is 5.82 Å². The maximum atomic E-state index is 13.4. The zero-order chi connectivity index (χ0) is 21.1. The molecular formula is C22H21BrFN3O2S. The van der Waals surface area contributed by atoms with Crippen molar-refractivity contribution < 1.29 is 13.9 Å². The Kier molecular flexibility index (Phi) is 6.65. The second-order valence-corrected chi connectivity index (χ2v) is 9.41. The summed E-state index contributed by atoms with van der Waals surface area (Å²) in [5.41, 5.74) is 1.43. The first-order valence-electron chi connectivity index (χ1n) is 9.78. The van der Waals surface area contributed by atoms with E-state index >= 15 is 0 Å². The minimum Gasteiger partial charge on any atom is -0.376 e. The first-order valence-corrected chi connectivity index (χ1v) is 11.5. The van der Waals surface area contributed by atoms with Crippen molar-refractivity contribution in [2.24, 2.45) is 0 Å². The molecule has 1 fully saturated rings. The third-order valence-electron chi connectivity index (χ3n) is 5.01. The Morgan fingerprint density at radius 3 is 2.63 bits per heavy atom. The van der Waals surface area contributed by atoms with Crippen LogP contribution in [0.15, 0.2) is 58.2 Å². The first kappa shape index (κ1) is 21.2. The SMILES string of the molecule is C[C@@H](Sc1nnc(-c2ccc(F)cc2)n1C[C@@H]1CCCO1)C(=O)c1ccc(Br)cc1. The van der Waals surface area contributed by atoms with Crippen molar-refractivity contribution in [3.63, 3.8) is 0 Å². The molecule has 30 heavy (non-hydrogen) atoms. The third-order valence-corrected chi connectivity index (χ3v) is 6.62. The number of thioether (sulfide) groups is 1. The van der Waals surface area contributed by atoms with E-state index in [1.54, 1.807) is 12.1 Å². The van der Waals surface area contributed by atoms with Crippen LogP contribution in [-0.2, 0) is 11.3 Å². The molecule has 0 radical (unpaired) electrons. The van der Waals surface area contributed by atoms with E-state index in [1.165, 1.54) is 23.9 Å². The number of Topliss-reactive ketones (excluding diaryl/α,β-unsaturated/α-hetero) is 1. The average molecular weight is 490 g/mol. The topological polar surface area (TPSA) is 57.0 Å². The summed E-state index contributed by atoms with van der Waals surface area (Å²) in [6.07, 6.45) is 2.08. The molecule has 0 bridgehead atoms. The highest BCUT2D eigenvalue weighted by atomic mass is 79.9. The number of rotatable bonds is 7. The molecule has 0 N–H and O–H groups in total. The number of ketones is 1. The van der Waals surface area contributed by atoms with Crippen LogP contribution in [-0.4, -0.2) is 38.5 Å². The summed E-state index contributed by atoms with van der Waals surface area (Å²) in [5, 5.41) is 9.03. The van der Waals surface area contributed by atoms with Gasteiger partial charge in [0.25, 0.3) is 0 Å². The molecule has 1 saturated heterocycles. The molecule has 0 spiro atoms. The summed E-state index contributed by atoms with van der Waals surface area (Å²) in [5.74, 6) is 0.381. The molecule has 5 nitrogen and oxygen atoms in total. The summed E-state index contributed by atoms with van der Waals surface area (Å²) in [4.78, 5) is 12.9. The highest BCUT2D eigenvalue weighted by Crippen LogP contribution is 2.30. The molecule has 2 aromatic carbocycles. The van der Waals surface area contributed by atoms with E-state index in [4.69, 9.17) is 4.74 Å². The van der Waals surface area contributed by atoms with Gasteiger partial charge in [-0.2, -0.15) is 0 Å². The molecule has 1 aliphatic rings. The standard InChI is InChI=1S/C22H21BrFN3O2S/c1-14(20(28)15-4-8-17(23)9-5-15)30-22-26-25-21(16-6-10-18(24)11-7-16)27(22)13-19-3-2-12-29-19/h4-11,14,19H,2-3,12-13H2,1H3/t14-,19+/m1/s1. The number of halogens is 2. The van der Waals surface area contributed by atoms with Gasteiger partial charge in [-0.1, -0.05) is 39.8 Å². The van der Waals surface area contributed by atoms with Crippen LogP contribution in [0.1, 0.15) is 30.1 Å². The highest BCUT2D eigenvalue weighted by Gasteiger charge is 2.25. The van der Waals surface area contributed by atoms with Crippen LogP contribution in [0, 0.1) is 5.82 Å². The molecule has 2 heterocycles. The van der Waals surface area contributed by atoms with Gasteiger partial charge in [0, 0.05) is 22.2 Å². The van der Waals surface area contributed by atoms with Crippen LogP contribution in [0.4, 0.5) is 4.39 Å². The summed E-state index contributed by atoms with van der Waals surface area (Å²) in [6.45, 7) is 3.22. The normalized spacial score (nSPS) is 17.2. The summed E-state index contributed by atoms with van der Waals surface area (Å²) in [6, 6.07) is 13.5. The van der Waals surface area contributed by atoms with Gasteiger partial charge in [-0.3, -0.25) is 9.36 Å². The summed E-state index contributed by atoms with van der Waals surface area (Å²) in [7, 11) is 0. The average Bonchev–Trinajstić information content (AvgIpc) is 3.40. The number of benzene rings is 2. The van der Waals surface area contributed by atoms with E-state index in [2.05, 4.69) is 26.1 Å². The van der Waals surface area contributed by atoms with Crippen LogP contribution in [0.25, 0.3) is 11.4 Å². The zero-order valence-corrected chi connectivity index (χ0v) is 18.8. The lowest BCUT2D eigenvalue weighted by Gasteiger charge is -2.16. The van der Waals surface area contributed by atoms with Crippen molar-refractivity contribution in [1.82, 2.24) is 14.8 Å². The number of hydrogen-bond acceptors (Lipinski definition) is 5. The first-order chi connectivity index (χ1) is 14.5. The molecule has 8 heteroatoms. The largest absolute Gasteiger partial charge is 0.376 e. The van der Waals surface area contributed by atoms with E-state index in [1.807, 2.05) is 35.8 Å². The Bertz CT molecular complexity index is 1020. The predicted molar refractivity (Wildman–Crippen MR) is 118 cm³/mol. The molecule has 0 aliphatic carbocycles. The van der Waals surface area contributed by atoms with Gasteiger partial charge in [0.2, 0.25) is 0 Å². The maximum Gasteiger partial charge on any atom is 0.192 e. The molecule has 0 saturated carbocycles. The van der Waals surface area contributed by atoms with Crippen LogP contribution >= 0.6 is 27.7 Å². The number of ether oxygens (including phenoxy) is 1. The maximum absolute atomic E-state index is 13.4. The number of nitrogens with zero attached hydrogens (tertiary/aromatic N) is 3. The van der Waals surface area contributed by atoms with Crippen molar-refractivity contribution in [2.75, 3.05) is 6.61 Å². The lowest BCUT2D eigenvalue weighted by Crippen LogP contribution is -2.19. The highest BCUT2D eigenvalue weighted by molar-refractivity contribution is 9.10. The van der Waals surface area contributed by atoms with E-state index < -0.39 is 0 Å². The Morgan fingerprint density at radius 1 is 1.23 bits per heavy atom. The fraction of sp³-hybridized carbons (Fsp3) is 0.318. The van der Waals surface area contributed by atoms with Gasteiger partial charge in [0.15, 0.2) is 16.8 Å². The number of carbonyl (C=O) groups is 1. The van der Waals surface area contributed by atoms with Crippen molar-refractivity contribution in [3.8, 4) is 11.4 Å². The molecule has 156 valence electrons. The van der Waals surface area contributed by atoms with Crippen LogP contribution in [0.2, 0.25) is 0 Å². The molecule has 3 aromatic rings. The van der Waals surface area contributed by atoms with Crippen molar-refractivity contribution >= 4 is 33.5 Å². The van der Waals surface area contributed by atoms with Crippen molar-refractivity contribution in [3.05, 3.63) is 64.4 Å². The Hall–Kier alpha value is -2.03. The summed E-state index contributed by atoms with van der Waals surface area (Å²) >= 11 is 4.77. The smallest absolute Gasteiger partial charge is 0.192 e. The minimum absolute atomic E-state index is 0.0301. The molecule has 1 aromatic heterocycles. The van der Waals surface area contributed by atoms with E-state index in [9.17, 15) is 9.18 Å². The molecule has 4 rings (SSSR count). The number of carbonyl (C=O) groups excluding carboxylic acids is 1. The van der Waals surface area contributed by atoms with E-state index in [0.29, 0.717) is 23.1 Å².